The highest BCUT2D eigenvalue weighted by atomic mass is 19.1. The predicted octanol–water partition coefficient (Wildman–Crippen LogP) is 2.67. The third-order valence-electron chi connectivity index (χ3n) is 7.52. The number of amides is 2. The maximum absolute atomic E-state index is 14.7. The summed E-state index contributed by atoms with van der Waals surface area (Å²) in [5, 5.41) is 23.5. The Morgan fingerprint density at radius 2 is 1.81 bits per heavy atom. The molecule has 2 aliphatic carbocycles. The van der Waals surface area contributed by atoms with Crippen molar-refractivity contribution in [2.45, 2.75) is 56.4 Å². The van der Waals surface area contributed by atoms with Gasteiger partial charge in [0.15, 0.2) is 0 Å². The van der Waals surface area contributed by atoms with Gasteiger partial charge in [-0.1, -0.05) is 49.2 Å². The van der Waals surface area contributed by atoms with Gasteiger partial charge in [0.05, 0.1) is 18.6 Å². The summed E-state index contributed by atoms with van der Waals surface area (Å²) in [7, 11) is 0. The van der Waals surface area contributed by atoms with Crippen molar-refractivity contribution in [2.75, 3.05) is 13.2 Å². The lowest BCUT2D eigenvalue weighted by molar-refractivity contribution is -0.142. The maximum atomic E-state index is 14.7. The molecule has 2 amide bonds. The first-order valence-electron chi connectivity index (χ1n) is 12.6. The van der Waals surface area contributed by atoms with Gasteiger partial charge >= 0.3 is 0 Å². The maximum Gasteiger partial charge on any atom is 0.247 e. The molecule has 2 aromatic rings. The van der Waals surface area contributed by atoms with Gasteiger partial charge in [-0.05, 0) is 31.1 Å². The molecular weight excluding hydrogens is 463 g/mol. The van der Waals surface area contributed by atoms with E-state index in [0.29, 0.717) is 16.9 Å². The Labute approximate surface area is 209 Å². The van der Waals surface area contributed by atoms with Crippen molar-refractivity contribution in [3.05, 3.63) is 77.1 Å². The van der Waals surface area contributed by atoms with E-state index >= 15 is 0 Å². The number of benzene rings is 2. The van der Waals surface area contributed by atoms with Crippen molar-refractivity contribution >= 4 is 11.8 Å². The molecule has 1 aliphatic heterocycles. The summed E-state index contributed by atoms with van der Waals surface area (Å²) in [6.07, 6.45) is 3.11. The minimum Gasteiger partial charge on any atom is -0.486 e. The second-order valence-corrected chi connectivity index (χ2v) is 9.72. The molecule has 0 unspecified atom stereocenters. The number of aliphatic hydroxyl groups is 2. The first-order valence-corrected chi connectivity index (χ1v) is 12.6. The molecule has 1 heterocycles. The Balaban J connectivity index is 1.56. The SMILES string of the molecule is O=C(NCCO)C1=C[C@@H](N(Cc2ccccc2F)C(=O)C2CCCC2)[C@H](O)[C@H]2Oc3ccccc3[C@@H]12. The first-order chi connectivity index (χ1) is 17.5. The molecule has 4 atom stereocenters. The third-order valence-corrected chi connectivity index (χ3v) is 7.52. The highest BCUT2D eigenvalue weighted by Crippen LogP contribution is 2.47. The summed E-state index contributed by atoms with van der Waals surface area (Å²) in [6.45, 7) is -0.175. The monoisotopic (exact) mass is 494 g/mol. The van der Waals surface area contributed by atoms with Crippen LogP contribution in [0.1, 0.15) is 42.7 Å². The molecule has 3 aliphatic rings. The zero-order valence-electron chi connectivity index (χ0n) is 20.0. The number of hydrogen-bond donors (Lipinski definition) is 3. The Bertz CT molecular complexity index is 1160. The normalized spacial score (nSPS) is 24.9. The lowest BCUT2D eigenvalue weighted by Crippen LogP contribution is -2.56. The quantitative estimate of drug-likeness (QED) is 0.550. The van der Waals surface area contributed by atoms with Gasteiger partial charge in [0.1, 0.15) is 23.8 Å². The number of nitrogens with one attached hydrogen (secondary N) is 1. The highest BCUT2D eigenvalue weighted by Gasteiger charge is 2.51. The van der Waals surface area contributed by atoms with Crippen molar-refractivity contribution in [2.24, 2.45) is 5.92 Å². The van der Waals surface area contributed by atoms with E-state index in [1.54, 1.807) is 30.3 Å². The number of halogens is 1. The van der Waals surface area contributed by atoms with Gasteiger partial charge in [0.2, 0.25) is 11.8 Å². The zero-order valence-corrected chi connectivity index (χ0v) is 20.0. The minimum absolute atomic E-state index is 0.0316. The summed E-state index contributed by atoms with van der Waals surface area (Å²) in [5.74, 6) is -1.13. The largest absolute Gasteiger partial charge is 0.486 e. The molecule has 7 nitrogen and oxygen atoms in total. The molecule has 36 heavy (non-hydrogen) atoms. The molecular formula is C28H31FN2O5. The second-order valence-electron chi connectivity index (χ2n) is 9.72. The number of fused-ring (bicyclic) bond motifs is 3. The van der Waals surface area contributed by atoms with E-state index in [4.69, 9.17) is 4.74 Å². The summed E-state index contributed by atoms with van der Waals surface area (Å²) >= 11 is 0. The van der Waals surface area contributed by atoms with Crippen molar-refractivity contribution < 1.29 is 28.9 Å². The number of nitrogens with zero attached hydrogens (tertiary/aromatic N) is 1. The number of carbonyl (C=O) groups is 2. The van der Waals surface area contributed by atoms with Gasteiger partial charge in [0, 0.05) is 35.7 Å². The average Bonchev–Trinajstić information content (AvgIpc) is 3.56. The van der Waals surface area contributed by atoms with E-state index in [0.717, 1.165) is 31.2 Å². The first kappa shape index (κ1) is 24.5. The lowest BCUT2D eigenvalue weighted by atomic mass is 9.77. The van der Waals surface area contributed by atoms with Gasteiger partial charge in [-0.3, -0.25) is 9.59 Å². The molecule has 0 radical (unpaired) electrons. The standard InChI is InChI=1S/C28H31FN2O5/c29-21-11-5-3-9-18(21)16-31(28(35)17-7-1-2-8-17)22-15-20(27(34)30-13-14-32)24-19-10-4-6-12-23(19)36-26(24)25(22)33/h3-6,9-12,15,17,22,24-26,32-33H,1-2,7-8,13-14,16H2,(H,30,34)/t22-,24+,25+,26+/m1/s1. The molecule has 190 valence electrons. The van der Waals surface area contributed by atoms with E-state index < -0.39 is 35.9 Å². The summed E-state index contributed by atoms with van der Waals surface area (Å²) in [4.78, 5) is 28.5. The van der Waals surface area contributed by atoms with Gasteiger partial charge in [-0.25, -0.2) is 4.39 Å². The molecule has 8 heteroatoms. The molecule has 3 N–H and O–H groups in total. The summed E-state index contributed by atoms with van der Waals surface area (Å²) in [6, 6.07) is 12.7. The van der Waals surface area contributed by atoms with Crippen LogP contribution in [0.5, 0.6) is 5.75 Å². The number of aliphatic hydroxyl groups excluding tert-OH is 2. The van der Waals surface area contributed by atoms with E-state index in [1.165, 1.54) is 11.0 Å². The van der Waals surface area contributed by atoms with Gasteiger partial charge in [-0.2, -0.15) is 0 Å². The Morgan fingerprint density at radius 3 is 2.56 bits per heavy atom. The number of rotatable bonds is 7. The molecule has 5 rings (SSSR count). The van der Waals surface area contributed by atoms with Crippen molar-refractivity contribution in [3.8, 4) is 5.75 Å². The number of hydrogen-bond acceptors (Lipinski definition) is 5. The van der Waals surface area contributed by atoms with Crippen LogP contribution in [-0.2, 0) is 16.1 Å². The van der Waals surface area contributed by atoms with Crippen molar-refractivity contribution in [3.63, 3.8) is 0 Å². The molecule has 0 saturated heterocycles. The highest BCUT2D eigenvalue weighted by molar-refractivity contribution is 5.96. The molecule has 0 spiro atoms. The van der Waals surface area contributed by atoms with Crippen molar-refractivity contribution in [1.29, 1.82) is 0 Å². The fraction of sp³-hybridized carbons (Fsp3) is 0.429. The minimum atomic E-state index is -1.13. The Morgan fingerprint density at radius 1 is 1.08 bits per heavy atom. The zero-order chi connectivity index (χ0) is 25.2. The van der Waals surface area contributed by atoms with E-state index in [-0.39, 0.29) is 31.5 Å². The van der Waals surface area contributed by atoms with E-state index in [2.05, 4.69) is 5.32 Å². The number of carbonyl (C=O) groups excluding carboxylic acids is 2. The summed E-state index contributed by atoms with van der Waals surface area (Å²) < 4.78 is 20.8. The van der Waals surface area contributed by atoms with Crippen LogP contribution in [0.4, 0.5) is 4.39 Å². The average molecular weight is 495 g/mol. The third kappa shape index (κ3) is 4.51. The van der Waals surface area contributed by atoms with Crippen LogP contribution in [0.3, 0.4) is 0 Å². The second kappa shape index (κ2) is 10.4. The van der Waals surface area contributed by atoms with Crippen LogP contribution in [0, 0.1) is 11.7 Å². The predicted molar refractivity (Wildman–Crippen MR) is 130 cm³/mol. The van der Waals surface area contributed by atoms with Crippen LogP contribution in [0.2, 0.25) is 0 Å². The van der Waals surface area contributed by atoms with Crippen LogP contribution in [-0.4, -0.2) is 58.3 Å². The lowest BCUT2D eigenvalue weighted by Gasteiger charge is -2.41. The van der Waals surface area contributed by atoms with Gasteiger partial charge in [0.25, 0.3) is 0 Å². The van der Waals surface area contributed by atoms with Crippen LogP contribution in [0.25, 0.3) is 0 Å². The molecule has 1 saturated carbocycles. The van der Waals surface area contributed by atoms with Gasteiger partial charge < -0.3 is 25.2 Å². The Kier molecular flexibility index (Phi) is 7.07. The topological polar surface area (TPSA) is 99.1 Å². The Hall–Kier alpha value is -3.23. The molecule has 0 bridgehead atoms. The van der Waals surface area contributed by atoms with E-state index in [9.17, 15) is 24.2 Å². The van der Waals surface area contributed by atoms with E-state index in [1.807, 2.05) is 18.2 Å². The van der Waals surface area contributed by atoms with Crippen molar-refractivity contribution in [1.82, 2.24) is 10.2 Å². The molecule has 1 fully saturated rings. The molecule has 0 aromatic heterocycles. The van der Waals surface area contributed by atoms with Crippen LogP contribution in [0.15, 0.2) is 60.2 Å². The number of para-hydroxylation sites is 1. The van der Waals surface area contributed by atoms with Gasteiger partial charge in [-0.15, -0.1) is 0 Å². The fourth-order valence-electron chi connectivity index (χ4n) is 5.74. The van der Waals surface area contributed by atoms with Crippen LogP contribution < -0.4 is 10.1 Å². The molecule has 2 aromatic carbocycles. The van der Waals surface area contributed by atoms with Crippen LogP contribution >= 0.6 is 0 Å². The summed E-state index contributed by atoms with van der Waals surface area (Å²) in [5.41, 5.74) is 1.49. The smallest absolute Gasteiger partial charge is 0.247 e. The fourth-order valence-corrected chi connectivity index (χ4v) is 5.74. The number of ether oxygens (including phenoxy) is 1.